The van der Waals surface area contributed by atoms with Gasteiger partial charge in [0.2, 0.25) is 0 Å². The zero-order chi connectivity index (χ0) is 18.8. The Morgan fingerprint density at radius 1 is 1.32 bits per heavy atom. The topological polar surface area (TPSA) is 101 Å². The van der Waals surface area contributed by atoms with E-state index in [1.165, 1.54) is 19.1 Å². The molecule has 0 radical (unpaired) electrons. The van der Waals surface area contributed by atoms with Gasteiger partial charge in [0, 0.05) is 11.1 Å². The molecule has 0 bridgehead atoms. The van der Waals surface area contributed by atoms with Gasteiger partial charge in [0.15, 0.2) is 0 Å². The fourth-order valence-electron chi connectivity index (χ4n) is 2.04. The summed E-state index contributed by atoms with van der Waals surface area (Å²) in [5, 5.41) is 16.2. The molecule has 0 spiro atoms. The van der Waals surface area contributed by atoms with Gasteiger partial charge in [-0.25, -0.2) is 4.79 Å². The molecule has 8 heteroatoms. The minimum Gasteiger partial charge on any atom is -0.480 e. The lowest BCUT2D eigenvalue weighted by Crippen LogP contribution is -2.52. The average molecular weight is 364 g/mol. The molecule has 1 aromatic heterocycles. The van der Waals surface area contributed by atoms with E-state index in [0.717, 1.165) is 10.2 Å². The number of aromatic nitrogens is 2. The first-order valence-corrected chi connectivity index (χ1v) is 7.98. The lowest BCUT2D eigenvalue weighted by Gasteiger charge is -2.24. The van der Waals surface area contributed by atoms with Gasteiger partial charge in [-0.2, -0.15) is 9.78 Å². The largest absolute Gasteiger partial charge is 0.480 e. The zero-order valence-corrected chi connectivity index (χ0v) is 14.8. The first-order chi connectivity index (χ1) is 11.7. The summed E-state index contributed by atoms with van der Waals surface area (Å²) in [4.78, 5) is 35.8. The number of hydrogen-bond donors (Lipinski definition) is 2. The van der Waals surface area contributed by atoms with Crippen LogP contribution < -0.4 is 10.9 Å². The number of halogens is 1. The number of carbonyl (C=O) groups is 2. The second-order valence-electron chi connectivity index (χ2n) is 5.85. The third-order valence-electron chi connectivity index (χ3n) is 4.00. The molecule has 7 nitrogen and oxygen atoms in total. The van der Waals surface area contributed by atoms with Crippen molar-refractivity contribution < 1.29 is 14.7 Å². The van der Waals surface area contributed by atoms with Gasteiger partial charge in [-0.15, -0.1) is 0 Å². The standard InChI is InChI=1S/C17H18ClN3O4/c1-4-17(3,16(24)25)19-15(23)13-7-8-14(22)21(20-13)11-6-5-10(2)12(18)9-11/h5-9H,4H2,1-3H3,(H,19,23)(H,24,25)/t17-/m0/s1. The molecule has 1 atom stereocenters. The van der Waals surface area contributed by atoms with E-state index in [1.807, 2.05) is 6.92 Å². The SMILES string of the molecule is CC[C@](C)(NC(=O)c1ccc(=O)n(-c2ccc(C)c(Cl)c2)n1)C(=O)O. The lowest BCUT2D eigenvalue weighted by molar-refractivity contribution is -0.143. The predicted molar refractivity (Wildman–Crippen MR) is 93.4 cm³/mol. The highest BCUT2D eigenvalue weighted by Gasteiger charge is 2.33. The summed E-state index contributed by atoms with van der Waals surface area (Å²) in [5.41, 5.74) is -0.683. The summed E-state index contributed by atoms with van der Waals surface area (Å²) in [5.74, 6) is -1.83. The van der Waals surface area contributed by atoms with Crippen molar-refractivity contribution in [3.8, 4) is 5.69 Å². The van der Waals surface area contributed by atoms with E-state index in [-0.39, 0.29) is 12.1 Å². The van der Waals surface area contributed by atoms with Crippen molar-refractivity contribution in [1.29, 1.82) is 0 Å². The zero-order valence-electron chi connectivity index (χ0n) is 14.0. The van der Waals surface area contributed by atoms with Crippen LogP contribution in [0.3, 0.4) is 0 Å². The number of hydrogen-bond acceptors (Lipinski definition) is 4. The van der Waals surface area contributed by atoms with Crippen molar-refractivity contribution in [3.63, 3.8) is 0 Å². The van der Waals surface area contributed by atoms with Crippen LogP contribution in [0.15, 0.2) is 35.1 Å². The van der Waals surface area contributed by atoms with Crippen LogP contribution in [0.2, 0.25) is 5.02 Å². The van der Waals surface area contributed by atoms with Crippen LogP contribution in [0.5, 0.6) is 0 Å². The lowest BCUT2D eigenvalue weighted by atomic mass is 9.99. The quantitative estimate of drug-likeness (QED) is 0.847. The van der Waals surface area contributed by atoms with Gasteiger partial charge in [0.05, 0.1) is 5.69 Å². The number of nitrogens with zero attached hydrogens (tertiary/aromatic N) is 2. The van der Waals surface area contributed by atoms with Crippen molar-refractivity contribution in [2.24, 2.45) is 0 Å². The van der Waals surface area contributed by atoms with Crippen LogP contribution in [0.25, 0.3) is 5.69 Å². The molecule has 0 fully saturated rings. The molecular formula is C17H18ClN3O4. The maximum absolute atomic E-state index is 12.4. The molecule has 25 heavy (non-hydrogen) atoms. The van der Waals surface area contributed by atoms with Gasteiger partial charge in [-0.05, 0) is 44.0 Å². The monoisotopic (exact) mass is 363 g/mol. The number of rotatable bonds is 5. The summed E-state index contributed by atoms with van der Waals surface area (Å²) in [6.07, 6.45) is 0.196. The minimum absolute atomic E-state index is 0.0720. The number of aliphatic carboxylic acids is 1. The Morgan fingerprint density at radius 2 is 2.00 bits per heavy atom. The van der Waals surface area contributed by atoms with Gasteiger partial charge < -0.3 is 10.4 Å². The highest BCUT2D eigenvalue weighted by atomic mass is 35.5. The number of benzene rings is 1. The van der Waals surface area contributed by atoms with E-state index in [9.17, 15) is 19.5 Å². The second-order valence-corrected chi connectivity index (χ2v) is 6.25. The molecule has 0 unspecified atom stereocenters. The van der Waals surface area contributed by atoms with E-state index in [4.69, 9.17) is 11.6 Å². The Balaban J connectivity index is 2.41. The number of carboxylic acid groups (broad SMARTS) is 1. The van der Waals surface area contributed by atoms with Gasteiger partial charge in [0.1, 0.15) is 11.2 Å². The van der Waals surface area contributed by atoms with Crippen LogP contribution in [-0.2, 0) is 4.79 Å². The fourth-order valence-corrected chi connectivity index (χ4v) is 2.21. The average Bonchev–Trinajstić information content (AvgIpc) is 2.57. The Hall–Kier alpha value is -2.67. The first-order valence-electron chi connectivity index (χ1n) is 7.61. The molecule has 1 amide bonds. The van der Waals surface area contributed by atoms with Crippen LogP contribution >= 0.6 is 11.6 Å². The van der Waals surface area contributed by atoms with E-state index >= 15 is 0 Å². The molecule has 132 valence electrons. The number of carboxylic acids is 1. The molecule has 1 aromatic carbocycles. The van der Waals surface area contributed by atoms with Crippen LogP contribution in [0.1, 0.15) is 36.3 Å². The summed E-state index contributed by atoms with van der Waals surface area (Å²) in [6, 6.07) is 7.41. The smallest absolute Gasteiger partial charge is 0.329 e. The molecule has 0 saturated heterocycles. The van der Waals surface area contributed by atoms with Crippen molar-refractivity contribution in [2.45, 2.75) is 32.7 Å². The molecule has 0 aliphatic heterocycles. The van der Waals surface area contributed by atoms with Crippen LogP contribution in [0, 0.1) is 6.92 Å². The summed E-state index contributed by atoms with van der Waals surface area (Å²) < 4.78 is 1.05. The van der Waals surface area contributed by atoms with Gasteiger partial charge >= 0.3 is 5.97 Å². The maximum Gasteiger partial charge on any atom is 0.329 e. The molecule has 2 N–H and O–H groups in total. The summed E-state index contributed by atoms with van der Waals surface area (Å²) >= 11 is 6.07. The predicted octanol–water partition coefficient (Wildman–Crippen LogP) is 2.18. The molecule has 0 aliphatic rings. The Morgan fingerprint density at radius 3 is 2.56 bits per heavy atom. The van der Waals surface area contributed by atoms with E-state index in [0.29, 0.717) is 10.7 Å². The van der Waals surface area contributed by atoms with Crippen molar-refractivity contribution >= 4 is 23.5 Å². The number of amides is 1. The molecule has 1 heterocycles. The summed E-state index contributed by atoms with van der Waals surface area (Å²) in [6.45, 7) is 4.88. The molecular weight excluding hydrogens is 346 g/mol. The van der Waals surface area contributed by atoms with Crippen molar-refractivity contribution in [2.75, 3.05) is 0 Å². The molecule has 2 aromatic rings. The van der Waals surface area contributed by atoms with E-state index in [1.54, 1.807) is 25.1 Å². The minimum atomic E-state index is -1.42. The van der Waals surface area contributed by atoms with Gasteiger partial charge in [0.25, 0.3) is 11.5 Å². The Labute approximate surface area is 149 Å². The van der Waals surface area contributed by atoms with Crippen LogP contribution in [-0.4, -0.2) is 32.3 Å². The Kier molecular flexibility index (Phi) is 5.27. The highest BCUT2D eigenvalue weighted by molar-refractivity contribution is 6.31. The van der Waals surface area contributed by atoms with E-state index in [2.05, 4.69) is 10.4 Å². The molecule has 2 rings (SSSR count). The van der Waals surface area contributed by atoms with Crippen LogP contribution in [0.4, 0.5) is 0 Å². The maximum atomic E-state index is 12.4. The van der Waals surface area contributed by atoms with E-state index < -0.39 is 23.0 Å². The first kappa shape index (κ1) is 18.7. The third kappa shape index (κ3) is 3.88. The second kappa shape index (κ2) is 7.06. The normalized spacial score (nSPS) is 13.1. The molecule has 0 aliphatic carbocycles. The third-order valence-corrected chi connectivity index (χ3v) is 4.41. The summed E-state index contributed by atoms with van der Waals surface area (Å²) in [7, 11) is 0. The Bertz CT molecular complexity index is 894. The fraction of sp³-hybridized carbons (Fsp3) is 0.294. The number of aryl methyl sites for hydroxylation is 1. The van der Waals surface area contributed by atoms with Crippen molar-refractivity contribution in [3.05, 3.63) is 57.0 Å². The van der Waals surface area contributed by atoms with Gasteiger partial charge in [-0.1, -0.05) is 24.6 Å². The number of carbonyl (C=O) groups excluding carboxylic acids is 1. The number of nitrogens with one attached hydrogen (secondary N) is 1. The highest BCUT2D eigenvalue weighted by Crippen LogP contribution is 2.18. The van der Waals surface area contributed by atoms with Gasteiger partial charge in [-0.3, -0.25) is 9.59 Å². The molecule has 0 saturated carbocycles. The van der Waals surface area contributed by atoms with Crippen molar-refractivity contribution in [1.82, 2.24) is 15.1 Å².